The van der Waals surface area contributed by atoms with Gasteiger partial charge in [-0.05, 0) is 19.8 Å². The molecule has 0 saturated heterocycles. The number of allylic oxidation sites excluding steroid dienone is 2. The van der Waals surface area contributed by atoms with E-state index in [-0.39, 0.29) is 5.92 Å². The van der Waals surface area contributed by atoms with Crippen LogP contribution in [0.3, 0.4) is 0 Å². The van der Waals surface area contributed by atoms with Crippen molar-refractivity contribution in [2.24, 2.45) is 5.92 Å². The fourth-order valence-corrected chi connectivity index (χ4v) is 0.722. The van der Waals surface area contributed by atoms with Gasteiger partial charge in [-0.25, -0.2) is 0 Å². The fourth-order valence-electron chi connectivity index (χ4n) is 0.613. The van der Waals surface area contributed by atoms with Gasteiger partial charge < -0.3 is 4.79 Å². The number of carbonyl (C=O) groups is 1. The van der Waals surface area contributed by atoms with Crippen molar-refractivity contribution in [1.29, 1.82) is 0 Å². The highest BCUT2D eigenvalue weighted by Gasteiger charge is 1.95. The predicted molar refractivity (Wildman–Crippen MR) is 44.1 cm³/mol. The van der Waals surface area contributed by atoms with Crippen LogP contribution >= 0.6 is 11.6 Å². The largest absolute Gasteiger partial charge is 0.303 e. The Morgan fingerprint density at radius 2 is 2.30 bits per heavy atom. The molecule has 0 rings (SSSR count). The number of hydrogen-bond acceptors (Lipinski definition) is 1. The molecule has 0 fully saturated rings. The first-order valence-corrected chi connectivity index (χ1v) is 3.82. The van der Waals surface area contributed by atoms with Crippen molar-refractivity contribution in [1.82, 2.24) is 0 Å². The van der Waals surface area contributed by atoms with Gasteiger partial charge in [0.15, 0.2) is 0 Å². The highest BCUT2D eigenvalue weighted by atomic mass is 35.5. The number of aldehydes is 1. The minimum Gasteiger partial charge on any atom is -0.303 e. The van der Waals surface area contributed by atoms with Gasteiger partial charge in [-0.2, -0.15) is 0 Å². The van der Waals surface area contributed by atoms with Crippen molar-refractivity contribution >= 4 is 17.9 Å². The zero-order valence-corrected chi connectivity index (χ0v) is 7.19. The normalized spacial score (nSPS) is 14.9. The van der Waals surface area contributed by atoms with Gasteiger partial charge in [-0.15, -0.1) is 0 Å². The van der Waals surface area contributed by atoms with Crippen LogP contribution in [0.5, 0.6) is 0 Å². The molecule has 0 aliphatic rings. The minimum atomic E-state index is 0.160. The smallest absolute Gasteiger partial charge is 0.122 e. The maximum absolute atomic E-state index is 10.1. The molecule has 0 spiro atoms. The molecule has 0 N–H and O–H groups in total. The Labute approximate surface area is 67.1 Å². The van der Waals surface area contributed by atoms with Crippen molar-refractivity contribution < 1.29 is 4.79 Å². The Hall–Kier alpha value is -0.300. The maximum atomic E-state index is 10.1. The average Bonchev–Trinajstić information content (AvgIpc) is 1.87. The minimum absolute atomic E-state index is 0.160. The van der Waals surface area contributed by atoms with E-state index >= 15 is 0 Å². The molecular weight excluding hydrogens is 148 g/mol. The van der Waals surface area contributed by atoms with Crippen LogP contribution in [0.2, 0.25) is 0 Å². The lowest BCUT2D eigenvalue weighted by Crippen LogP contribution is -1.93. The Balaban J connectivity index is 3.36. The number of hydrogen-bond donors (Lipinski definition) is 0. The van der Waals surface area contributed by atoms with Gasteiger partial charge >= 0.3 is 0 Å². The molecule has 0 heterocycles. The number of rotatable bonds is 4. The van der Waals surface area contributed by atoms with Gasteiger partial charge in [0, 0.05) is 11.0 Å². The van der Waals surface area contributed by atoms with Crippen LogP contribution < -0.4 is 0 Å². The van der Waals surface area contributed by atoms with Crippen LogP contribution in [0.1, 0.15) is 26.7 Å². The highest BCUT2D eigenvalue weighted by molar-refractivity contribution is 6.29. The molecule has 0 aromatic heterocycles. The van der Waals surface area contributed by atoms with Crippen molar-refractivity contribution in [3.8, 4) is 0 Å². The first-order chi connectivity index (χ1) is 4.66. The van der Waals surface area contributed by atoms with Crippen LogP contribution in [0.4, 0.5) is 0 Å². The van der Waals surface area contributed by atoms with Gasteiger partial charge in [-0.3, -0.25) is 0 Å². The van der Waals surface area contributed by atoms with E-state index in [1.807, 2.05) is 19.9 Å². The molecule has 0 amide bonds. The van der Waals surface area contributed by atoms with E-state index in [0.717, 1.165) is 24.2 Å². The molecule has 2 heteroatoms. The van der Waals surface area contributed by atoms with Gasteiger partial charge in [0.05, 0.1) is 0 Å². The molecule has 0 aliphatic carbocycles. The summed E-state index contributed by atoms with van der Waals surface area (Å²) in [6.07, 6.45) is 4.70. The Morgan fingerprint density at radius 3 is 2.70 bits per heavy atom. The first-order valence-electron chi connectivity index (χ1n) is 3.44. The van der Waals surface area contributed by atoms with Crippen LogP contribution in [0.15, 0.2) is 11.1 Å². The van der Waals surface area contributed by atoms with E-state index in [2.05, 4.69) is 0 Å². The summed E-state index contributed by atoms with van der Waals surface area (Å²) >= 11 is 5.58. The van der Waals surface area contributed by atoms with Crippen molar-refractivity contribution in [2.75, 3.05) is 0 Å². The molecule has 1 nitrogen and oxygen atoms in total. The molecule has 0 aliphatic heterocycles. The molecular formula is C8H13ClO. The van der Waals surface area contributed by atoms with Crippen LogP contribution in [0.25, 0.3) is 0 Å². The van der Waals surface area contributed by atoms with Crippen molar-refractivity contribution in [2.45, 2.75) is 26.7 Å². The van der Waals surface area contributed by atoms with E-state index in [1.54, 1.807) is 0 Å². The summed E-state index contributed by atoms with van der Waals surface area (Å²) in [7, 11) is 0. The average molecular weight is 161 g/mol. The third kappa shape index (κ3) is 5.83. The summed E-state index contributed by atoms with van der Waals surface area (Å²) in [6, 6.07) is 0. The van der Waals surface area contributed by atoms with E-state index in [4.69, 9.17) is 11.6 Å². The topological polar surface area (TPSA) is 17.1 Å². The van der Waals surface area contributed by atoms with Crippen molar-refractivity contribution in [3.63, 3.8) is 0 Å². The lowest BCUT2D eigenvalue weighted by molar-refractivity contribution is -0.110. The second-order valence-corrected chi connectivity index (χ2v) is 3.08. The highest BCUT2D eigenvalue weighted by Crippen LogP contribution is 2.06. The standard InChI is InChI=1S/C8H13ClO/c1-7(6-10)4-3-5-8(2)9/h5-7H,3-4H2,1-2H3/b8-5-. The predicted octanol–water partition coefficient (Wildman–Crippen LogP) is 2.74. The molecule has 0 radical (unpaired) electrons. The third-order valence-electron chi connectivity index (χ3n) is 1.28. The zero-order chi connectivity index (χ0) is 7.98. The zero-order valence-electron chi connectivity index (χ0n) is 6.43. The molecule has 10 heavy (non-hydrogen) atoms. The van der Waals surface area contributed by atoms with Gasteiger partial charge in [0.25, 0.3) is 0 Å². The maximum Gasteiger partial charge on any atom is 0.122 e. The van der Waals surface area contributed by atoms with E-state index in [1.165, 1.54) is 0 Å². The molecule has 0 aromatic carbocycles. The lowest BCUT2D eigenvalue weighted by Gasteiger charge is -1.97. The fraction of sp³-hybridized carbons (Fsp3) is 0.625. The Kier molecular flexibility index (Phi) is 5.32. The second kappa shape index (κ2) is 5.48. The summed E-state index contributed by atoms with van der Waals surface area (Å²) in [5.41, 5.74) is 0. The summed E-state index contributed by atoms with van der Waals surface area (Å²) in [5.74, 6) is 0.160. The quantitative estimate of drug-likeness (QED) is 0.578. The van der Waals surface area contributed by atoms with E-state index in [9.17, 15) is 4.79 Å². The monoisotopic (exact) mass is 160 g/mol. The summed E-state index contributed by atoms with van der Waals surface area (Å²) in [5, 5.41) is 0.804. The first kappa shape index (κ1) is 9.70. The molecule has 1 unspecified atom stereocenters. The number of halogens is 1. The van der Waals surface area contributed by atoms with Crippen molar-refractivity contribution in [3.05, 3.63) is 11.1 Å². The van der Waals surface area contributed by atoms with Crippen LogP contribution in [0, 0.1) is 5.92 Å². The van der Waals surface area contributed by atoms with E-state index < -0.39 is 0 Å². The molecule has 0 bridgehead atoms. The molecule has 1 atom stereocenters. The SMILES string of the molecule is C/C(Cl)=C/CCC(C)C=O. The van der Waals surface area contributed by atoms with Gasteiger partial charge in [-0.1, -0.05) is 24.6 Å². The van der Waals surface area contributed by atoms with Gasteiger partial charge in [0.2, 0.25) is 0 Å². The Bertz CT molecular complexity index is 125. The summed E-state index contributed by atoms with van der Waals surface area (Å²) in [6.45, 7) is 3.75. The number of carbonyl (C=O) groups excluding carboxylic acids is 1. The summed E-state index contributed by atoms with van der Waals surface area (Å²) in [4.78, 5) is 10.1. The van der Waals surface area contributed by atoms with Gasteiger partial charge in [0.1, 0.15) is 6.29 Å². The van der Waals surface area contributed by atoms with Crippen LogP contribution in [-0.2, 0) is 4.79 Å². The third-order valence-corrected chi connectivity index (χ3v) is 1.43. The molecule has 0 saturated carbocycles. The van der Waals surface area contributed by atoms with E-state index in [0.29, 0.717) is 0 Å². The second-order valence-electron chi connectivity index (χ2n) is 2.48. The molecule has 0 aromatic rings. The lowest BCUT2D eigenvalue weighted by atomic mass is 10.1. The molecule has 58 valence electrons. The Morgan fingerprint density at radius 1 is 1.70 bits per heavy atom. The summed E-state index contributed by atoms with van der Waals surface area (Å²) < 4.78 is 0. The van der Waals surface area contributed by atoms with Crippen LogP contribution in [-0.4, -0.2) is 6.29 Å².